The lowest BCUT2D eigenvalue weighted by atomic mass is 10.1. The van der Waals surface area contributed by atoms with E-state index in [2.05, 4.69) is 19.2 Å². The molecule has 0 aliphatic carbocycles. The van der Waals surface area contributed by atoms with Crippen LogP contribution in [0.5, 0.6) is 5.75 Å². The number of halogens is 1. The highest BCUT2D eigenvalue weighted by Gasteiger charge is 2.06. The first kappa shape index (κ1) is 22.2. The third kappa shape index (κ3) is 8.74. The molecule has 1 aromatic rings. The van der Waals surface area contributed by atoms with Gasteiger partial charge < -0.3 is 20.3 Å². The second-order valence-electron chi connectivity index (χ2n) is 5.37. The molecule has 0 aliphatic rings. The van der Waals surface area contributed by atoms with Crippen LogP contribution in [0.2, 0.25) is 5.02 Å². The molecule has 7 heteroatoms. The zero-order valence-corrected chi connectivity index (χ0v) is 15.3. The molecule has 0 bridgehead atoms. The molecule has 24 heavy (non-hydrogen) atoms. The van der Waals surface area contributed by atoms with Crippen molar-refractivity contribution < 1.29 is 24.5 Å². The maximum atomic E-state index is 9.10. The standard InChI is InChI=1S/C15H24ClNO.C2H2O4/c1-5-11(2)17-9-6-10-18-15-8-7-14(16)12(3)13(15)4;3-1(4)2(5)6/h7-8,11,17H,5-6,9-10H2,1-4H3;(H,3,4)(H,5,6). The number of carboxylic acids is 2. The van der Waals surface area contributed by atoms with E-state index in [-0.39, 0.29) is 0 Å². The lowest BCUT2D eigenvalue weighted by Gasteiger charge is -2.13. The van der Waals surface area contributed by atoms with Gasteiger partial charge in [0.05, 0.1) is 6.61 Å². The smallest absolute Gasteiger partial charge is 0.414 e. The van der Waals surface area contributed by atoms with Gasteiger partial charge in [-0.1, -0.05) is 18.5 Å². The molecule has 0 spiro atoms. The van der Waals surface area contributed by atoms with Crippen molar-refractivity contribution in [1.82, 2.24) is 5.32 Å². The van der Waals surface area contributed by atoms with Crippen molar-refractivity contribution in [2.75, 3.05) is 13.2 Å². The molecule has 3 N–H and O–H groups in total. The number of hydrogen-bond donors (Lipinski definition) is 3. The van der Waals surface area contributed by atoms with Crippen molar-refractivity contribution in [3.8, 4) is 5.75 Å². The number of ether oxygens (including phenoxy) is 1. The van der Waals surface area contributed by atoms with Gasteiger partial charge in [-0.3, -0.25) is 0 Å². The summed E-state index contributed by atoms with van der Waals surface area (Å²) in [6.07, 6.45) is 2.18. The van der Waals surface area contributed by atoms with Gasteiger partial charge in [-0.05, 0) is 63.4 Å². The quantitative estimate of drug-likeness (QED) is 0.510. The highest BCUT2D eigenvalue weighted by molar-refractivity contribution is 6.31. The van der Waals surface area contributed by atoms with Gasteiger partial charge in [-0.15, -0.1) is 0 Å². The van der Waals surface area contributed by atoms with Gasteiger partial charge in [0.2, 0.25) is 0 Å². The second kappa shape index (κ2) is 11.7. The fraction of sp³-hybridized carbons (Fsp3) is 0.529. The minimum absolute atomic E-state index is 0.588. The van der Waals surface area contributed by atoms with Crippen molar-refractivity contribution in [3.05, 3.63) is 28.3 Å². The van der Waals surface area contributed by atoms with Crippen LogP contribution in [-0.4, -0.2) is 41.3 Å². The van der Waals surface area contributed by atoms with Gasteiger partial charge >= 0.3 is 11.9 Å². The van der Waals surface area contributed by atoms with Crippen LogP contribution in [0.3, 0.4) is 0 Å². The van der Waals surface area contributed by atoms with Crippen LogP contribution in [0.25, 0.3) is 0 Å². The summed E-state index contributed by atoms with van der Waals surface area (Å²) < 4.78 is 5.79. The Kier molecular flexibility index (Phi) is 10.8. The van der Waals surface area contributed by atoms with Crippen LogP contribution in [0.15, 0.2) is 12.1 Å². The fourth-order valence-electron chi connectivity index (χ4n) is 1.67. The van der Waals surface area contributed by atoms with Gasteiger partial charge in [0.1, 0.15) is 5.75 Å². The number of aliphatic carboxylic acids is 2. The number of hydrogen-bond acceptors (Lipinski definition) is 4. The molecular formula is C17H26ClNO5. The summed E-state index contributed by atoms with van der Waals surface area (Å²) in [5, 5.41) is 19.0. The molecule has 0 saturated heterocycles. The van der Waals surface area contributed by atoms with Crippen LogP contribution in [-0.2, 0) is 9.59 Å². The van der Waals surface area contributed by atoms with Crippen molar-refractivity contribution in [2.45, 2.75) is 46.6 Å². The van der Waals surface area contributed by atoms with Gasteiger partial charge in [0.15, 0.2) is 0 Å². The largest absolute Gasteiger partial charge is 0.493 e. The minimum Gasteiger partial charge on any atom is -0.493 e. The van der Waals surface area contributed by atoms with Gasteiger partial charge in [-0.2, -0.15) is 0 Å². The summed E-state index contributed by atoms with van der Waals surface area (Å²) in [6, 6.07) is 4.44. The average Bonchev–Trinajstić information content (AvgIpc) is 2.54. The lowest BCUT2D eigenvalue weighted by molar-refractivity contribution is -0.159. The zero-order chi connectivity index (χ0) is 18.7. The maximum Gasteiger partial charge on any atom is 0.414 e. The summed E-state index contributed by atoms with van der Waals surface area (Å²) in [5.74, 6) is -2.70. The first-order chi connectivity index (χ1) is 11.2. The van der Waals surface area contributed by atoms with E-state index < -0.39 is 11.9 Å². The van der Waals surface area contributed by atoms with Crippen molar-refractivity contribution in [3.63, 3.8) is 0 Å². The first-order valence-electron chi connectivity index (χ1n) is 7.78. The Bertz CT molecular complexity index is 536. The van der Waals surface area contributed by atoms with Gasteiger partial charge in [0.25, 0.3) is 0 Å². The van der Waals surface area contributed by atoms with E-state index in [0.717, 1.165) is 47.9 Å². The number of nitrogens with one attached hydrogen (secondary N) is 1. The van der Waals surface area contributed by atoms with Crippen LogP contribution >= 0.6 is 11.6 Å². The van der Waals surface area contributed by atoms with E-state index in [9.17, 15) is 0 Å². The summed E-state index contributed by atoms with van der Waals surface area (Å²) in [5.41, 5.74) is 2.24. The Morgan fingerprint density at radius 3 is 2.29 bits per heavy atom. The van der Waals surface area contributed by atoms with E-state index in [4.69, 9.17) is 36.1 Å². The van der Waals surface area contributed by atoms with E-state index in [1.165, 1.54) is 0 Å². The second-order valence-corrected chi connectivity index (χ2v) is 5.78. The number of benzene rings is 1. The predicted molar refractivity (Wildman–Crippen MR) is 94.1 cm³/mol. The highest BCUT2D eigenvalue weighted by Crippen LogP contribution is 2.27. The predicted octanol–water partition coefficient (Wildman–Crippen LogP) is 3.27. The number of rotatable bonds is 7. The maximum absolute atomic E-state index is 9.10. The molecule has 0 saturated carbocycles. The molecule has 0 radical (unpaired) electrons. The minimum atomic E-state index is -1.82. The first-order valence-corrected chi connectivity index (χ1v) is 8.16. The van der Waals surface area contributed by atoms with E-state index in [1.807, 2.05) is 26.0 Å². The van der Waals surface area contributed by atoms with Crippen molar-refractivity contribution in [2.24, 2.45) is 0 Å². The molecule has 0 heterocycles. The van der Waals surface area contributed by atoms with Crippen LogP contribution in [0.4, 0.5) is 0 Å². The number of carbonyl (C=O) groups is 2. The Morgan fingerprint density at radius 2 is 1.79 bits per heavy atom. The van der Waals surface area contributed by atoms with Crippen LogP contribution in [0.1, 0.15) is 37.8 Å². The monoisotopic (exact) mass is 359 g/mol. The third-order valence-electron chi connectivity index (χ3n) is 3.54. The Hall–Kier alpha value is -1.79. The Morgan fingerprint density at radius 1 is 1.21 bits per heavy atom. The molecule has 1 rings (SSSR count). The molecule has 0 aromatic heterocycles. The molecule has 1 unspecified atom stereocenters. The van der Waals surface area contributed by atoms with Gasteiger partial charge in [-0.25, -0.2) is 9.59 Å². The molecule has 0 fully saturated rings. The molecule has 6 nitrogen and oxygen atoms in total. The Balaban J connectivity index is 0.000000754. The lowest BCUT2D eigenvalue weighted by Crippen LogP contribution is -2.27. The summed E-state index contributed by atoms with van der Waals surface area (Å²) in [4.78, 5) is 18.2. The molecule has 1 atom stereocenters. The highest BCUT2D eigenvalue weighted by atomic mass is 35.5. The summed E-state index contributed by atoms with van der Waals surface area (Å²) in [6.45, 7) is 10.2. The Labute approximate surface area is 147 Å². The molecule has 1 aromatic carbocycles. The van der Waals surface area contributed by atoms with E-state index in [1.54, 1.807) is 0 Å². The molecule has 136 valence electrons. The number of carboxylic acid groups (broad SMARTS) is 2. The van der Waals surface area contributed by atoms with Gasteiger partial charge in [0, 0.05) is 11.1 Å². The van der Waals surface area contributed by atoms with Crippen LogP contribution in [0, 0.1) is 13.8 Å². The molecule has 0 amide bonds. The third-order valence-corrected chi connectivity index (χ3v) is 3.95. The average molecular weight is 360 g/mol. The van der Waals surface area contributed by atoms with E-state index in [0.29, 0.717) is 6.04 Å². The fourth-order valence-corrected chi connectivity index (χ4v) is 1.87. The van der Waals surface area contributed by atoms with Crippen LogP contribution < -0.4 is 10.1 Å². The SMILES string of the molecule is CCC(C)NCCCOc1ccc(Cl)c(C)c1C.O=C(O)C(=O)O. The normalized spacial score (nSPS) is 11.2. The molecule has 0 aliphatic heterocycles. The van der Waals surface area contributed by atoms with Crippen molar-refractivity contribution in [1.29, 1.82) is 0 Å². The van der Waals surface area contributed by atoms with Crippen molar-refractivity contribution >= 4 is 23.5 Å². The summed E-state index contributed by atoms with van der Waals surface area (Å²) >= 11 is 6.05. The zero-order valence-electron chi connectivity index (χ0n) is 14.6. The molecular weight excluding hydrogens is 334 g/mol. The van der Waals surface area contributed by atoms with E-state index >= 15 is 0 Å². The topological polar surface area (TPSA) is 95.9 Å². The summed E-state index contributed by atoms with van der Waals surface area (Å²) in [7, 11) is 0.